The van der Waals surface area contributed by atoms with Crippen molar-refractivity contribution in [3.8, 4) is 0 Å². The molecule has 0 unspecified atom stereocenters. The van der Waals surface area contributed by atoms with Gasteiger partial charge in [-0.1, -0.05) is 51.0 Å². The molecule has 0 aromatic rings. The second-order valence-electron chi connectivity index (χ2n) is 7.05. The minimum Gasteiger partial charge on any atom is -0.512 e. The van der Waals surface area contributed by atoms with E-state index in [1.54, 1.807) is 0 Å². The molecule has 2 heteroatoms. The largest absolute Gasteiger partial charge is 0.512 e. The number of hydrogen-bond acceptors (Lipinski definition) is 2. The van der Waals surface area contributed by atoms with Crippen LogP contribution in [0.4, 0.5) is 0 Å². The summed E-state index contributed by atoms with van der Waals surface area (Å²) < 4.78 is 0. The highest BCUT2D eigenvalue weighted by Crippen LogP contribution is 2.41. The fraction of sp³-hybridized carbons (Fsp3) is 0.529. The summed E-state index contributed by atoms with van der Waals surface area (Å²) in [6.07, 6.45) is 10.4. The Morgan fingerprint density at radius 2 is 1.16 bits per heavy atom. The van der Waals surface area contributed by atoms with Gasteiger partial charge < -0.3 is 10.2 Å². The maximum Gasteiger partial charge on any atom is 0.0981 e. The molecule has 2 aliphatic rings. The van der Waals surface area contributed by atoms with Crippen LogP contribution in [0.1, 0.15) is 47.0 Å². The predicted octanol–water partition coefficient (Wildman–Crippen LogP) is 4.97. The molecule has 2 N–H and O–H groups in total. The molecule has 0 radical (unpaired) electrons. The second-order valence-corrected chi connectivity index (χ2v) is 7.05. The van der Waals surface area contributed by atoms with Gasteiger partial charge in [0, 0.05) is 10.8 Å². The number of allylic oxidation sites excluding steroid dienone is 8. The van der Waals surface area contributed by atoms with E-state index >= 15 is 0 Å². The lowest BCUT2D eigenvalue weighted by molar-refractivity contribution is 0.246. The fourth-order valence-electron chi connectivity index (χ4n) is 2.81. The lowest BCUT2D eigenvalue weighted by atomic mass is 9.75. The van der Waals surface area contributed by atoms with Gasteiger partial charge in [0.05, 0.1) is 11.5 Å². The molecule has 2 rings (SSSR count). The number of aliphatic hydroxyl groups excluding tert-OH is 2. The van der Waals surface area contributed by atoms with Crippen LogP contribution >= 0.6 is 0 Å². The summed E-state index contributed by atoms with van der Waals surface area (Å²) in [6, 6.07) is 0. The SMILES string of the molecule is CC1(C)CC(CC2=CC=C(O)C(C)(C)C2)=CC=C1O. The number of hydrogen-bond donors (Lipinski definition) is 2. The third kappa shape index (κ3) is 2.94. The molecule has 0 spiro atoms. The fourth-order valence-corrected chi connectivity index (χ4v) is 2.81. The Hall–Kier alpha value is -1.44. The summed E-state index contributed by atoms with van der Waals surface area (Å²) in [5.74, 6) is 0.929. The van der Waals surface area contributed by atoms with Crippen LogP contribution in [0.2, 0.25) is 0 Å². The van der Waals surface area contributed by atoms with Gasteiger partial charge in [0.1, 0.15) is 0 Å². The molecule has 2 aliphatic carbocycles. The van der Waals surface area contributed by atoms with E-state index < -0.39 is 0 Å². The van der Waals surface area contributed by atoms with E-state index in [1.807, 2.05) is 24.3 Å². The standard InChI is InChI=1S/C17H24O2/c1-16(2)10-12(5-7-14(16)18)9-13-6-8-15(19)17(3,4)11-13/h5-8,18-19H,9-11H2,1-4H3. The highest BCUT2D eigenvalue weighted by Gasteiger charge is 2.30. The molecule has 19 heavy (non-hydrogen) atoms. The Morgan fingerprint density at radius 3 is 1.47 bits per heavy atom. The van der Waals surface area contributed by atoms with Crippen molar-refractivity contribution in [2.24, 2.45) is 10.8 Å². The van der Waals surface area contributed by atoms with Crippen LogP contribution in [-0.2, 0) is 0 Å². The highest BCUT2D eigenvalue weighted by molar-refractivity contribution is 5.33. The number of rotatable bonds is 2. The van der Waals surface area contributed by atoms with Gasteiger partial charge in [-0.2, -0.15) is 0 Å². The molecule has 0 saturated heterocycles. The summed E-state index contributed by atoms with van der Waals surface area (Å²) in [7, 11) is 0. The van der Waals surface area contributed by atoms with Gasteiger partial charge in [-0.05, 0) is 31.4 Å². The molecule has 0 saturated carbocycles. The topological polar surface area (TPSA) is 40.5 Å². The Morgan fingerprint density at radius 1 is 0.789 bits per heavy atom. The van der Waals surface area contributed by atoms with Crippen LogP contribution in [0.25, 0.3) is 0 Å². The van der Waals surface area contributed by atoms with Crippen molar-refractivity contribution in [3.05, 3.63) is 47.0 Å². The van der Waals surface area contributed by atoms with Gasteiger partial charge in [0.25, 0.3) is 0 Å². The van der Waals surface area contributed by atoms with Crippen molar-refractivity contribution in [2.45, 2.75) is 47.0 Å². The average molecular weight is 260 g/mol. The van der Waals surface area contributed by atoms with Crippen molar-refractivity contribution < 1.29 is 10.2 Å². The van der Waals surface area contributed by atoms with Crippen LogP contribution in [-0.4, -0.2) is 10.2 Å². The minimum absolute atomic E-state index is 0.160. The molecule has 0 atom stereocenters. The Bertz CT molecular complexity index is 453. The first-order chi connectivity index (χ1) is 8.71. The summed E-state index contributed by atoms with van der Waals surface area (Å²) in [5.41, 5.74) is 2.37. The second kappa shape index (κ2) is 4.59. The third-order valence-corrected chi connectivity index (χ3v) is 4.13. The quantitative estimate of drug-likeness (QED) is 0.735. The zero-order chi connectivity index (χ0) is 14.3. The zero-order valence-corrected chi connectivity index (χ0v) is 12.3. The van der Waals surface area contributed by atoms with Crippen LogP contribution in [0.3, 0.4) is 0 Å². The molecule has 0 aromatic carbocycles. The molecule has 0 heterocycles. The van der Waals surface area contributed by atoms with Gasteiger partial charge in [-0.25, -0.2) is 0 Å². The smallest absolute Gasteiger partial charge is 0.0981 e. The van der Waals surface area contributed by atoms with Crippen molar-refractivity contribution >= 4 is 0 Å². The maximum atomic E-state index is 9.84. The van der Waals surface area contributed by atoms with E-state index in [9.17, 15) is 10.2 Å². The first kappa shape index (κ1) is 14.0. The predicted molar refractivity (Wildman–Crippen MR) is 79.0 cm³/mol. The molecule has 0 aromatic heterocycles. The zero-order valence-electron chi connectivity index (χ0n) is 12.3. The lowest BCUT2D eigenvalue weighted by Crippen LogP contribution is -2.21. The van der Waals surface area contributed by atoms with Crippen molar-refractivity contribution in [2.75, 3.05) is 0 Å². The average Bonchev–Trinajstić information content (AvgIpc) is 2.28. The van der Waals surface area contributed by atoms with Crippen LogP contribution in [0, 0.1) is 10.8 Å². The highest BCUT2D eigenvalue weighted by atomic mass is 16.3. The Balaban J connectivity index is 2.12. The molecule has 0 amide bonds. The Kier molecular flexibility index (Phi) is 3.38. The summed E-state index contributed by atoms with van der Waals surface area (Å²) >= 11 is 0. The molecular weight excluding hydrogens is 236 g/mol. The van der Waals surface area contributed by atoms with Crippen molar-refractivity contribution in [3.63, 3.8) is 0 Å². The first-order valence-corrected chi connectivity index (χ1v) is 6.89. The molecule has 0 aliphatic heterocycles. The summed E-state index contributed by atoms with van der Waals surface area (Å²) in [4.78, 5) is 0. The van der Waals surface area contributed by atoms with Gasteiger partial charge in [0.2, 0.25) is 0 Å². The summed E-state index contributed by atoms with van der Waals surface area (Å²) in [6.45, 7) is 8.26. The summed E-state index contributed by atoms with van der Waals surface area (Å²) in [5, 5.41) is 19.7. The molecule has 2 nitrogen and oxygen atoms in total. The van der Waals surface area contributed by atoms with Gasteiger partial charge in [-0.3, -0.25) is 0 Å². The third-order valence-electron chi connectivity index (χ3n) is 4.13. The van der Waals surface area contributed by atoms with Crippen LogP contribution in [0.15, 0.2) is 47.0 Å². The normalized spacial score (nSPS) is 25.1. The Labute approximate surface area is 115 Å². The van der Waals surface area contributed by atoms with Crippen molar-refractivity contribution in [1.29, 1.82) is 0 Å². The van der Waals surface area contributed by atoms with E-state index in [-0.39, 0.29) is 10.8 Å². The van der Waals surface area contributed by atoms with Crippen molar-refractivity contribution in [1.82, 2.24) is 0 Å². The molecule has 0 bridgehead atoms. The maximum absolute atomic E-state index is 9.84. The van der Waals surface area contributed by atoms with Crippen LogP contribution in [0.5, 0.6) is 0 Å². The van der Waals surface area contributed by atoms with Gasteiger partial charge in [-0.15, -0.1) is 0 Å². The van der Waals surface area contributed by atoms with E-state index in [2.05, 4.69) is 27.7 Å². The van der Waals surface area contributed by atoms with E-state index in [0.29, 0.717) is 11.5 Å². The van der Waals surface area contributed by atoms with E-state index in [0.717, 1.165) is 19.3 Å². The molecule has 0 fully saturated rings. The van der Waals surface area contributed by atoms with Gasteiger partial charge >= 0.3 is 0 Å². The van der Waals surface area contributed by atoms with Crippen LogP contribution < -0.4 is 0 Å². The van der Waals surface area contributed by atoms with E-state index in [1.165, 1.54) is 11.1 Å². The monoisotopic (exact) mass is 260 g/mol. The van der Waals surface area contributed by atoms with E-state index in [4.69, 9.17) is 0 Å². The molecule has 104 valence electrons. The van der Waals surface area contributed by atoms with Gasteiger partial charge in [0.15, 0.2) is 0 Å². The number of aliphatic hydroxyl groups is 2. The first-order valence-electron chi connectivity index (χ1n) is 6.89. The lowest BCUT2D eigenvalue weighted by Gasteiger charge is -2.31. The minimum atomic E-state index is -0.160. The molecular formula is C17H24O2.